The molecule has 0 N–H and O–H groups in total. The molecule has 0 fully saturated rings. The molecule has 0 aliphatic heterocycles. The first-order valence-electron chi connectivity index (χ1n) is 9.98. The van der Waals surface area contributed by atoms with E-state index in [0.717, 1.165) is 32.6 Å². The Bertz CT molecular complexity index is 898. The summed E-state index contributed by atoms with van der Waals surface area (Å²) in [7, 11) is 0. The molecule has 0 unspecified atom stereocenters. The Morgan fingerprint density at radius 1 is 0.769 bits per heavy atom. The Balaban J connectivity index is 1.91. The average molecular weight is 415 g/mol. The smallest absolute Gasteiger partial charge is 0.134 e. The SMILES string of the molecule is CCCCCCCCc1ccc2c(c1)c(CC)c(F)c1cc(Br)ccc12. The second-order valence-electron chi connectivity index (χ2n) is 7.23. The van der Waals surface area contributed by atoms with E-state index in [4.69, 9.17) is 0 Å². The molecule has 0 radical (unpaired) electrons. The lowest BCUT2D eigenvalue weighted by molar-refractivity contribution is 0.607. The third-order valence-corrected chi connectivity index (χ3v) is 5.85. The van der Waals surface area contributed by atoms with Gasteiger partial charge in [0.1, 0.15) is 5.82 Å². The first-order valence-corrected chi connectivity index (χ1v) is 10.8. The highest BCUT2D eigenvalue weighted by Crippen LogP contribution is 2.34. The van der Waals surface area contributed by atoms with Crippen LogP contribution in [0, 0.1) is 5.82 Å². The van der Waals surface area contributed by atoms with E-state index in [2.05, 4.69) is 41.1 Å². The molecule has 0 bridgehead atoms. The summed E-state index contributed by atoms with van der Waals surface area (Å²) in [5.41, 5.74) is 2.17. The minimum atomic E-state index is -0.0620. The number of fused-ring (bicyclic) bond motifs is 3. The normalized spacial score (nSPS) is 11.5. The molecule has 26 heavy (non-hydrogen) atoms. The second-order valence-corrected chi connectivity index (χ2v) is 8.15. The molecule has 0 saturated heterocycles. The fourth-order valence-electron chi connectivity index (χ4n) is 3.90. The third-order valence-electron chi connectivity index (χ3n) is 5.35. The van der Waals surface area contributed by atoms with Crippen LogP contribution in [0.3, 0.4) is 0 Å². The fraction of sp³-hybridized carbons (Fsp3) is 0.417. The number of benzene rings is 3. The van der Waals surface area contributed by atoms with Crippen LogP contribution < -0.4 is 0 Å². The molecule has 3 aromatic rings. The van der Waals surface area contributed by atoms with Gasteiger partial charge in [-0.25, -0.2) is 4.39 Å². The van der Waals surface area contributed by atoms with E-state index >= 15 is 4.39 Å². The van der Waals surface area contributed by atoms with Crippen molar-refractivity contribution < 1.29 is 4.39 Å². The molecule has 0 aromatic heterocycles. The van der Waals surface area contributed by atoms with Crippen LogP contribution in [0.15, 0.2) is 40.9 Å². The third kappa shape index (κ3) is 4.11. The van der Waals surface area contributed by atoms with Crippen LogP contribution in [-0.2, 0) is 12.8 Å². The molecule has 2 heteroatoms. The highest BCUT2D eigenvalue weighted by molar-refractivity contribution is 9.10. The van der Waals surface area contributed by atoms with Crippen LogP contribution in [0.1, 0.15) is 63.5 Å². The summed E-state index contributed by atoms with van der Waals surface area (Å²) in [6.45, 7) is 4.30. The van der Waals surface area contributed by atoms with Crippen molar-refractivity contribution in [1.29, 1.82) is 0 Å². The molecule has 0 amide bonds. The quantitative estimate of drug-likeness (QED) is 0.256. The summed E-state index contributed by atoms with van der Waals surface area (Å²) in [5, 5.41) is 3.97. The zero-order chi connectivity index (χ0) is 18.5. The van der Waals surface area contributed by atoms with Gasteiger partial charge in [0, 0.05) is 9.86 Å². The zero-order valence-corrected chi connectivity index (χ0v) is 17.5. The standard InChI is InChI=1S/C24H28BrF/c1-3-5-6-7-8-9-10-17-11-13-20-21-14-12-18(25)16-23(21)24(26)19(4-2)22(20)15-17/h11-16H,3-10H2,1-2H3. The lowest BCUT2D eigenvalue weighted by Crippen LogP contribution is -1.95. The average Bonchev–Trinajstić information content (AvgIpc) is 2.65. The van der Waals surface area contributed by atoms with Gasteiger partial charge in [-0.05, 0) is 58.7 Å². The van der Waals surface area contributed by atoms with Crippen molar-refractivity contribution in [2.75, 3.05) is 0 Å². The zero-order valence-electron chi connectivity index (χ0n) is 15.9. The molecule has 0 atom stereocenters. The van der Waals surface area contributed by atoms with Crippen LogP contribution in [0.2, 0.25) is 0 Å². The number of rotatable bonds is 8. The van der Waals surface area contributed by atoms with Crippen LogP contribution in [0.5, 0.6) is 0 Å². The van der Waals surface area contributed by atoms with Gasteiger partial charge in [0.2, 0.25) is 0 Å². The maximum absolute atomic E-state index is 15.1. The van der Waals surface area contributed by atoms with Crippen LogP contribution >= 0.6 is 15.9 Å². The van der Waals surface area contributed by atoms with Gasteiger partial charge in [0.05, 0.1) is 0 Å². The fourth-order valence-corrected chi connectivity index (χ4v) is 4.26. The Labute approximate surface area is 164 Å². The van der Waals surface area contributed by atoms with E-state index in [0.29, 0.717) is 11.8 Å². The van der Waals surface area contributed by atoms with E-state index in [9.17, 15) is 0 Å². The molecule has 0 saturated carbocycles. The maximum atomic E-state index is 15.1. The first kappa shape index (κ1) is 19.4. The van der Waals surface area contributed by atoms with Crippen molar-refractivity contribution in [2.24, 2.45) is 0 Å². The van der Waals surface area contributed by atoms with Gasteiger partial charge >= 0.3 is 0 Å². The molecule has 0 nitrogen and oxygen atoms in total. The monoisotopic (exact) mass is 414 g/mol. The van der Waals surface area contributed by atoms with E-state index in [1.807, 2.05) is 25.1 Å². The van der Waals surface area contributed by atoms with Gasteiger partial charge in [0.15, 0.2) is 0 Å². The van der Waals surface area contributed by atoms with Gasteiger partial charge in [-0.1, -0.05) is 86.1 Å². The summed E-state index contributed by atoms with van der Waals surface area (Å²) in [6, 6.07) is 12.6. The molecule has 3 aromatic carbocycles. The molecular formula is C24H28BrF. The van der Waals surface area contributed by atoms with Crippen molar-refractivity contribution in [3.8, 4) is 0 Å². The lowest BCUT2D eigenvalue weighted by atomic mass is 9.93. The van der Waals surface area contributed by atoms with Crippen molar-refractivity contribution in [3.63, 3.8) is 0 Å². The second kappa shape index (κ2) is 8.99. The summed E-state index contributed by atoms with van der Waals surface area (Å²) in [5.74, 6) is -0.0620. The minimum absolute atomic E-state index is 0.0620. The first-order chi connectivity index (χ1) is 12.7. The number of halogens is 2. The highest BCUT2D eigenvalue weighted by atomic mass is 79.9. The van der Waals surface area contributed by atoms with E-state index in [1.54, 1.807) is 0 Å². The van der Waals surface area contributed by atoms with Gasteiger partial charge < -0.3 is 0 Å². The van der Waals surface area contributed by atoms with E-state index in [1.165, 1.54) is 44.1 Å². The number of aryl methyl sites for hydroxylation is 2. The van der Waals surface area contributed by atoms with Gasteiger partial charge in [-0.3, -0.25) is 0 Å². The largest absolute Gasteiger partial charge is 0.206 e. The molecule has 3 rings (SSSR count). The molecule has 138 valence electrons. The number of hydrogen-bond donors (Lipinski definition) is 0. The van der Waals surface area contributed by atoms with Gasteiger partial charge in [0.25, 0.3) is 0 Å². The van der Waals surface area contributed by atoms with Gasteiger partial charge in [-0.2, -0.15) is 0 Å². The molecule has 0 heterocycles. The summed E-state index contributed by atoms with van der Waals surface area (Å²) in [6.07, 6.45) is 9.63. The van der Waals surface area contributed by atoms with Crippen molar-refractivity contribution in [1.82, 2.24) is 0 Å². The number of hydrogen-bond acceptors (Lipinski definition) is 0. The van der Waals surface area contributed by atoms with Crippen LogP contribution in [0.25, 0.3) is 21.5 Å². The van der Waals surface area contributed by atoms with Crippen LogP contribution in [-0.4, -0.2) is 0 Å². The maximum Gasteiger partial charge on any atom is 0.134 e. The summed E-state index contributed by atoms with van der Waals surface area (Å²) >= 11 is 3.47. The van der Waals surface area contributed by atoms with E-state index < -0.39 is 0 Å². The Morgan fingerprint density at radius 2 is 1.46 bits per heavy atom. The highest BCUT2D eigenvalue weighted by Gasteiger charge is 2.14. The summed E-state index contributed by atoms with van der Waals surface area (Å²) < 4.78 is 16.0. The van der Waals surface area contributed by atoms with Crippen molar-refractivity contribution >= 4 is 37.5 Å². The topological polar surface area (TPSA) is 0 Å². The Kier molecular flexibility index (Phi) is 6.69. The molecule has 0 aliphatic carbocycles. The van der Waals surface area contributed by atoms with E-state index in [-0.39, 0.29) is 5.82 Å². The lowest BCUT2D eigenvalue weighted by Gasteiger charge is -2.13. The molecular weight excluding hydrogens is 387 g/mol. The predicted octanol–water partition coefficient (Wildman–Crippen LogP) is 8.36. The Hall–Kier alpha value is -1.41. The molecule has 0 aliphatic rings. The number of unbranched alkanes of at least 4 members (excludes halogenated alkanes) is 5. The molecule has 0 spiro atoms. The predicted molar refractivity (Wildman–Crippen MR) is 116 cm³/mol. The summed E-state index contributed by atoms with van der Waals surface area (Å²) in [4.78, 5) is 0. The van der Waals surface area contributed by atoms with Crippen molar-refractivity contribution in [3.05, 3.63) is 57.8 Å². The Morgan fingerprint density at radius 3 is 2.23 bits per heavy atom. The van der Waals surface area contributed by atoms with Gasteiger partial charge in [-0.15, -0.1) is 0 Å². The minimum Gasteiger partial charge on any atom is -0.206 e. The van der Waals surface area contributed by atoms with Crippen LogP contribution in [0.4, 0.5) is 4.39 Å². The van der Waals surface area contributed by atoms with Crippen molar-refractivity contribution in [2.45, 2.75) is 65.2 Å².